The molecule has 1 aliphatic heterocycles. The maximum atomic E-state index is 12.9. The van der Waals surface area contributed by atoms with E-state index in [9.17, 15) is 4.79 Å². The molecule has 126 valence electrons. The topological polar surface area (TPSA) is 56.8 Å². The van der Waals surface area contributed by atoms with E-state index in [1.165, 1.54) is 0 Å². The summed E-state index contributed by atoms with van der Waals surface area (Å²) in [5.74, 6) is 1.92. The van der Waals surface area contributed by atoms with Crippen molar-refractivity contribution < 1.29 is 19.0 Å². The number of hydrogen-bond donors (Lipinski definition) is 1. The first kappa shape index (κ1) is 16.2. The fourth-order valence-electron chi connectivity index (χ4n) is 2.55. The number of anilines is 1. The van der Waals surface area contributed by atoms with Crippen LogP contribution in [-0.4, -0.2) is 19.3 Å². The van der Waals surface area contributed by atoms with Gasteiger partial charge in [0.25, 0.3) is 0 Å². The maximum absolute atomic E-state index is 12.9. The fourth-order valence-corrected chi connectivity index (χ4v) is 2.55. The van der Waals surface area contributed by atoms with Gasteiger partial charge in [-0.25, -0.2) is 0 Å². The first-order valence-electron chi connectivity index (χ1n) is 7.96. The second-order valence-electron chi connectivity index (χ2n) is 6.08. The van der Waals surface area contributed by atoms with Gasteiger partial charge in [0.15, 0.2) is 11.5 Å². The lowest BCUT2D eigenvalue weighted by atomic mass is 9.83. The zero-order valence-electron chi connectivity index (χ0n) is 14.1. The van der Waals surface area contributed by atoms with E-state index in [0.717, 1.165) is 5.56 Å². The van der Waals surface area contributed by atoms with Crippen LogP contribution in [0.4, 0.5) is 5.69 Å². The van der Waals surface area contributed by atoms with Crippen molar-refractivity contribution >= 4 is 11.6 Å². The number of amides is 1. The predicted octanol–water partition coefficient (Wildman–Crippen LogP) is 3.73. The van der Waals surface area contributed by atoms with Gasteiger partial charge >= 0.3 is 0 Å². The molecular weight excluding hydrogens is 306 g/mol. The molecule has 5 nitrogen and oxygen atoms in total. The van der Waals surface area contributed by atoms with Crippen molar-refractivity contribution in [2.45, 2.75) is 26.2 Å². The summed E-state index contributed by atoms with van der Waals surface area (Å²) < 4.78 is 16.3. The number of carbonyl (C=O) groups is 1. The molecule has 0 aromatic heterocycles. The minimum atomic E-state index is -0.736. The van der Waals surface area contributed by atoms with Crippen molar-refractivity contribution in [2.24, 2.45) is 0 Å². The first-order chi connectivity index (χ1) is 11.5. The van der Waals surface area contributed by atoms with Gasteiger partial charge in [0, 0.05) is 0 Å². The van der Waals surface area contributed by atoms with E-state index in [-0.39, 0.29) is 12.7 Å². The maximum Gasteiger partial charge on any atom is 0.234 e. The molecule has 0 fully saturated rings. The monoisotopic (exact) mass is 327 g/mol. The van der Waals surface area contributed by atoms with E-state index in [0.29, 0.717) is 29.5 Å². The number of carbonyl (C=O) groups excluding carboxylic acids is 1. The second-order valence-corrected chi connectivity index (χ2v) is 6.08. The Hall–Kier alpha value is -2.69. The molecule has 5 heteroatoms. The molecule has 0 atom stereocenters. The molecule has 2 aromatic carbocycles. The van der Waals surface area contributed by atoms with Crippen LogP contribution in [0.3, 0.4) is 0 Å². The molecular formula is C19H21NO4. The molecule has 0 spiro atoms. The summed E-state index contributed by atoms with van der Waals surface area (Å²) in [6, 6.07) is 13.0. The van der Waals surface area contributed by atoms with Gasteiger partial charge in [-0.3, -0.25) is 4.79 Å². The normalized spacial score (nSPS) is 12.8. The van der Waals surface area contributed by atoms with Gasteiger partial charge in [0.2, 0.25) is 12.7 Å². The fraction of sp³-hybridized carbons (Fsp3) is 0.316. The lowest BCUT2D eigenvalue weighted by Gasteiger charge is -2.25. The van der Waals surface area contributed by atoms with Gasteiger partial charge in [0.1, 0.15) is 5.75 Å². The number of nitrogens with one attached hydrogen (secondary N) is 1. The Morgan fingerprint density at radius 1 is 1.17 bits per heavy atom. The molecule has 0 aliphatic carbocycles. The van der Waals surface area contributed by atoms with Crippen LogP contribution in [0, 0.1) is 0 Å². The van der Waals surface area contributed by atoms with Gasteiger partial charge in [-0.15, -0.1) is 0 Å². The van der Waals surface area contributed by atoms with Crippen LogP contribution in [0.1, 0.15) is 26.3 Å². The summed E-state index contributed by atoms with van der Waals surface area (Å²) in [4.78, 5) is 12.9. The third kappa shape index (κ3) is 3.02. The molecule has 0 unspecified atom stereocenters. The van der Waals surface area contributed by atoms with Crippen molar-refractivity contribution in [3.63, 3.8) is 0 Å². The lowest BCUT2D eigenvalue weighted by molar-refractivity contribution is -0.120. The van der Waals surface area contributed by atoms with Crippen LogP contribution in [-0.2, 0) is 10.2 Å². The lowest BCUT2D eigenvalue weighted by Crippen LogP contribution is -2.34. The standard InChI is InChI=1S/C19H21NO4/c1-4-22-15-8-6-5-7-14(15)20-18(21)19(2,3)13-9-10-16-17(11-13)24-12-23-16/h5-11H,4,12H2,1-3H3,(H,20,21). The van der Waals surface area contributed by atoms with E-state index in [4.69, 9.17) is 14.2 Å². The summed E-state index contributed by atoms with van der Waals surface area (Å²) in [6.45, 7) is 6.42. The van der Waals surface area contributed by atoms with Crippen molar-refractivity contribution in [2.75, 3.05) is 18.7 Å². The van der Waals surface area contributed by atoms with Crippen LogP contribution in [0.2, 0.25) is 0 Å². The average molecular weight is 327 g/mol. The zero-order chi connectivity index (χ0) is 17.2. The van der Waals surface area contributed by atoms with E-state index in [2.05, 4.69) is 5.32 Å². The van der Waals surface area contributed by atoms with Crippen molar-refractivity contribution in [3.05, 3.63) is 48.0 Å². The van der Waals surface area contributed by atoms with E-state index < -0.39 is 5.41 Å². The molecule has 0 saturated carbocycles. The number of ether oxygens (including phenoxy) is 3. The van der Waals surface area contributed by atoms with Crippen LogP contribution in [0.25, 0.3) is 0 Å². The van der Waals surface area contributed by atoms with E-state index in [1.807, 2.05) is 63.2 Å². The number of hydrogen-bond acceptors (Lipinski definition) is 4. The van der Waals surface area contributed by atoms with Crippen LogP contribution >= 0.6 is 0 Å². The zero-order valence-corrected chi connectivity index (χ0v) is 14.1. The number of rotatable bonds is 5. The average Bonchev–Trinajstić information content (AvgIpc) is 3.04. The third-order valence-electron chi connectivity index (χ3n) is 4.10. The Morgan fingerprint density at radius 3 is 2.71 bits per heavy atom. The highest BCUT2D eigenvalue weighted by atomic mass is 16.7. The number of para-hydroxylation sites is 2. The largest absolute Gasteiger partial charge is 0.492 e. The van der Waals surface area contributed by atoms with Gasteiger partial charge in [-0.05, 0) is 50.6 Å². The van der Waals surface area contributed by atoms with Crippen molar-refractivity contribution in [1.29, 1.82) is 0 Å². The number of benzene rings is 2. The molecule has 0 bridgehead atoms. The SMILES string of the molecule is CCOc1ccccc1NC(=O)C(C)(C)c1ccc2c(c1)OCO2. The molecule has 3 rings (SSSR count). The summed E-state index contributed by atoms with van der Waals surface area (Å²) in [5, 5.41) is 2.97. The molecule has 0 radical (unpaired) electrons. The summed E-state index contributed by atoms with van der Waals surface area (Å²) in [7, 11) is 0. The summed E-state index contributed by atoms with van der Waals surface area (Å²) >= 11 is 0. The second kappa shape index (κ2) is 6.43. The molecule has 24 heavy (non-hydrogen) atoms. The Bertz CT molecular complexity index is 755. The van der Waals surface area contributed by atoms with Gasteiger partial charge < -0.3 is 19.5 Å². The van der Waals surface area contributed by atoms with Gasteiger partial charge in [0.05, 0.1) is 17.7 Å². The highest BCUT2D eigenvalue weighted by Crippen LogP contribution is 2.37. The van der Waals surface area contributed by atoms with Crippen molar-refractivity contribution in [3.8, 4) is 17.2 Å². The third-order valence-corrected chi connectivity index (χ3v) is 4.10. The molecule has 1 aliphatic rings. The molecule has 1 N–H and O–H groups in total. The molecule has 0 saturated heterocycles. The summed E-state index contributed by atoms with van der Waals surface area (Å²) in [5.41, 5.74) is 0.789. The van der Waals surface area contributed by atoms with Gasteiger partial charge in [-0.2, -0.15) is 0 Å². The summed E-state index contributed by atoms with van der Waals surface area (Å²) in [6.07, 6.45) is 0. The number of fused-ring (bicyclic) bond motifs is 1. The Balaban J connectivity index is 1.83. The van der Waals surface area contributed by atoms with Crippen LogP contribution in [0.5, 0.6) is 17.2 Å². The molecule has 1 heterocycles. The van der Waals surface area contributed by atoms with Crippen molar-refractivity contribution in [1.82, 2.24) is 0 Å². The highest BCUT2D eigenvalue weighted by molar-refractivity contribution is 5.99. The Morgan fingerprint density at radius 2 is 1.92 bits per heavy atom. The minimum Gasteiger partial charge on any atom is -0.492 e. The predicted molar refractivity (Wildman–Crippen MR) is 91.8 cm³/mol. The van der Waals surface area contributed by atoms with Crippen LogP contribution < -0.4 is 19.5 Å². The Labute approximate surface area is 141 Å². The van der Waals surface area contributed by atoms with E-state index >= 15 is 0 Å². The first-order valence-corrected chi connectivity index (χ1v) is 7.96. The van der Waals surface area contributed by atoms with E-state index in [1.54, 1.807) is 0 Å². The molecule has 1 amide bonds. The highest BCUT2D eigenvalue weighted by Gasteiger charge is 2.32. The van der Waals surface area contributed by atoms with Gasteiger partial charge in [-0.1, -0.05) is 18.2 Å². The molecule has 2 aromatic rings. The van der Waals surface area contributed by atoms with Crippen LogP contribution in [0.15, 0.2) is 42.5 Å². The quantitative estimate of drug-likeness (QED) is 0.909. The smallest absolute Gasteiger partial charge is 0.234 e. The Kier molecular flexibility index (Phi) is 4.34. The minimum absolute atomic E-state index is 0.117.